The van der Waals surface area contributed by atoms with Gasteiger partial charge in [0.2, 0.25) is 0 Å². The van der Waals surface area contributed by atoms with Crippen LogP contribution in [-0.2, 0) is 16.6 Å². The van der Waals surface area contributed by atoms with Gasteiger partial charge in [-0.1, -0.05) is 24.3 Å². The smallest absolute Gasteiger partial charge is 0.0678 e. The molecule has 5 nitrogen and oxygen atoms in total. The summed E-state index contributed by atoms with van der Waals surface area (Å²) in [6.45, 7) is 3.25. The van der Waals surface area contributed by atoms with Crippen molar-refractivity contribution < 1.29 is 9.84 Å². The molecule has 5 atom stereocenters. The SMILES string of the molecule is COC1CCC2NNC(CN3CCC4(CC3)c3ccccc3CC4O)C2C1. The number of hydrogen-bond acceptors (Lipinski definition) is 5. The number of likely N-dealkylation sites (tertiary alicyclic amines) is 1. The minimum Gasteiger partial charge on any atom is -0.392 e. The van der Waals surface area contributed by atoms with Gasteiger partial charge in [0.25, 0.3) is 0 Å². The van der Waals surface area contributed by atoms with Gasteiger partial charge < -0.3 is 14.7 Å². The number of nitrogens with zero attached hydrogens (tertiary/aromatic N) is 1. The minimum absolute atomic E-state index is 0.0109. The third kappa shape index (κ3) is 3.04. The molecule has 5 heteroatoms. The molecule has 2 aliphatic heterocycles. The van der Waals surface area contributed by atoms with Gasteiger partial charge >= 0.3 is 0 Å². The quantitative estimate of drug-likeness (QED) is 0.754. The van der Waals surface area contributed by atoms with Crippen molar-refractivity contribution in [3.05, 3.63) is 35.4 Å². The zero-order valence-electron chi connectivity index (χ0n) is 16.4. The first-order chi connectivity index (χ1) is 13.2. The maximum Gasteiger partial charge on any atom is 0.0678 e. The first-order valence-corrected chi connectivity index (χ1v) is 10.7. The molecule has 1 aromatic rings. The van der Waals surface area contributed by atoms with Gasteiger partial charge in [-0.15, -0.1) is 0 Å². The largest absolute Gasteiger partial charge is 0.392 e. The number of benzene rings is 1. The standard InChI is InChI=1S/C22H33N3O2/c1-27-16-6-7-19-17(13-16)20(24-23-19)14-25-10-8-22(9-11-25)18-5-3-2-4-15(18)12-21(22)26/h2-5,16-17,19-21,23-24,26H,6-14H2,1H3. The van der Waals surface area contributed by atoms with E-state index in [4.69, 9.17) is 4.74 Å². The Hall–Kier alpha value is -0.980. The van der Waals surface area contributed by atoms with Crippen LogP contribution < -0.4 is 10.9 Å². The first-order valence-electron chi connectivity index (χ1n) is 10.7. The second kappa shape index (κ2) is 7.12. The fourth-order valence-electron chi connectivity index (χ4n) is 6.29. The van der Waals surface area contributed by atoms with E-state index < -0.39 is 0 Å². The maximum atomic E-state index is 10.9. The molecular weight excluding hydrogens is 338 g/mol. The molecule has 0 amide bonds. The van der Waals surface area contributed by atoms with Crippen molar-refractivity contribution in [3.8, 4) is 0 Å². The summed E-state index contributed by atoms with van der Waals surface area (Å²) in [6, 6.07) is 9.79. The molecule has 0 bridgehead atoms. The topological polar surface area (TPSA) is 56.8 Å². The number of ether oxygens (including phenoxy) is 1. The molecule has 1 aromatic carbocycles. The lowest BCUT2D eigenvalue weighted by molar-refractivity contribution is 0.0292. The second-order valence-electron chi connectivity index (χ2n) is 9.17. The number of aliphatic hydroxyl groups excluding tert-OH is 1. The second-order valence-corrected chi connectivity index (χ2v) is 9.17. The summed E-state index contributed by atoms with van der Waals surface area (Å²) < 4.78 is 5.65. The van der Waals surface area contributed by atoms with Gasteiger partial charge in [0.15, 0.2) is 0 Å². The van der Waals surface area contributed by atoms with Crippen molar-refractivity contribution in [3.63, 3.8) is 0 Å². The summed E-state index contributed by atoms with van der Waals surface area (Å²) in [5.74, 6) is 0.664. The lowest BCUT2D eigenvalue weighted by Crippen LogP contribution is -2.51. The van der Waals surface area contributed by atoms with E-state index in [1.807, 2.05) is 7.11 Å². The van der Waals surface area contributed by atoms with Crippen LogP contribution >= 0.6 is 0 Å². The fourth-order valence-corrected chi connectivity index (χ4v) is 6.29. The summed E-state index contributed by atoms with van der Waals surface area (Å²) in [7, 11) is 1.85. The molecule has 2 aliphatic carbocycles. The third-order valence-corrected chi connectivity index (χ3v) is 7.96. The predicted octanol–water partition coefficient (Wildman–Crippen LogP) is 1.60. The lowest BCUT2D eigenvalue weighted by atomic mass is 9.72. The van der Waals surface area contributed by atoms with Crippen molar-refractivity contribution in [2.24, 2.45) is 5.92 Å². The molecule has 2 heterocycles. The number of rotatable bonds is 3. The number of nitrogens with one attached hydrogen (secondary N) is 2. The van der Waals surface area contributed by atoms with Gasteiger partial charge in [0.1, 0.15) is 0 Å². The van der Waals surface area contributed by atoms with Gasteiger partial charge in [-0.05, 0) is 68.7 Å². The summed E-state index contributed by atoms with van der Waals surface area (Å²) in [5.41, 5.74) is 9.88. The van der Waals surface area contributed by atoms with Gasteiger partial charge in [-0.25, -0.2) is 0 Å². The summed E-state index contributed by atoms with van der Waals surface area (Å²) in [6.07, 6.45) is 6.71. The number of fused-ring (bicyclic) bond motifs is 3. The van der Waals surface area contributed by atoms with Crippen molar-refractivity contribution in [1.82, 2.24) is 15.8 Å². The van der Waals surface area contributed by atoms with Crippen LogP contribution in [0.5, 0.6) is 0 Å². The van der Waals surface area contributed by atoms with Crippen LogP contribution in [0.1, 0.15) is 43.2 Å². The van der Waals surface area contributed by atoms with E-state index in [0.29, 0.717) is 24.1 Å². The molecule has 3 fully saturated rings. The molecule has 2 saturated heterocycles. The molecule has 0 aromatic heterocycles. The number of piperidine rings is 1. The summed E-state index contributed by atoms with van der Waals surface area (Å²) in [4.78, 5) is 2.61. The molecular formula is C22H33N3O2. The van der Waals surface area contributed by atoms with Gasteiger partial charge in [0, 0.05) is 31.2 Å². The van der Waals surface area contributed by atoms with Crippen molar-refractivity contribution in [1.29, 1.82) is 0 Å². The Morgan fingerprint density at radius 1 is 1.19 bits per heavy atom. The lowest BCUT2D eigenvalue weighted by Gasteiger charge is -2.43. The van der Waals surface area contributed by atoms with E-state index in [2.05, 4.69) is 40.0 Å². The van der Waals surface area contributed by atoms with Crippen molar-refractivity contribution in [2.45, 2.75) is 68.2 Å². The number of methoxy groups -OCH3 is 1. The highest BCUT2D eigenvalue weighted by atomic mass is 16.5. The minimum atomic E-state index is -0.214. The van der Waals surface area contributed by atoms with Crippen molar-refractivity contribution >= 4 is 0 Å². The molecule has 5 rings (SSSR count). The van der Waals surface area contributed by atoms with Crippen LogP contribution in [0.15, 0.2) is 24.3 Å². The molecule has 1 saturated carbocycles. The predicted molar refractivity (Wildman–Crippen MR) is 105 cm³/mol. The first kappa shape index (κ1) is 18.1. The van der Waals surface area contributed by atoms with E-state index in [-0.39, 0.29) is 11.5 Å². The van der Waals surface area contributed by atoms with E-state index >= 15 is 0 Å². The summed E-state index contributed by atoms with van der Waals surface area (Å²) in [5, 5.41) is 10.9. The Labute approximate surface area is 162 Å². The van der Waals surface area contributed by atoms with Crippen LogP contribution in [0.4, 0.5) is 0 Å². The fraction of sp³-hybridized carbons (Fsp3) is 0.727. The molecule has 1 spiro atoms. The maximum absolute atomic E-state index is 10.9. The van der Waals surface area contributed by atoms with Crippen LogP contribution in [0, 0.1) is 5.92 Å². The average molecular weight is 372 g/mol. The van der Waals surface area contributed by atoms with E-state index in [1.54, 1.807) is 0 Å². The highest BCUT2D eigenvalue weighted by Crippen LogP contribution is 2.46. The Morgan fingerprint density at radius 2 is 2.00 bits per heavy atom. The van der Waals surface area contributed by atoms with Gasteiger partial charge in [-0.2, -0.15) is 0 Å². The number of hydrazine groups is 1. The monoisotopic (exact) mass is 371 g/mol. The average Bonchev–Trinajstić information content (AvgIpc) is 3.22. The van der Waals surface area contributed by atoms with Crippen LogP contribution in [0.2, 0.25) is 0 Å². The van der Waals surface area contributed by atoms with Crippen LogP contribution in [0.3, 0.4) is 0 Å². The molecule has 148 valence electrons. The molecule has 4 aliphatic rings. The zero-order valence-corrected chi connectivity index (χ0v) is 16.4. The molecule has 0 radical (unpaired) electrons. The Kier molecular flexibility index (Phi) is 4.77. The zero-order chi connectivity index (χ0) is 18.4. The van der Waals surface area contributed by atoms with E-state index in [9.17, 15) is 5.11 Å². The van der Waals surface area contributed by atoms with Crippen LogP contribution in [0.25, 0.3) is 0 Å². The Morgan fingerprint density at radius 3 is 2.81 bits per heavy atom. The highest BCUT2D eigenvalue weighted by molar-refractivity contribution is 5.42. The van der Waals surface area contributed by atoms with Gasteiger partial charge in [-0.3, -0.25) is 10.9 Å². The Bertz CT molecular complexity index is 673. The van der Waals surface area contributed by atoms with Crippen LogP contribution in [-0.4, -0.2) is 61.0 Å². The summed E-state index contributed by atoms with van der Waals surface area (Å²) >= 11 is 0. The Balaban J connectivity index is 1.23. The number of hydrogen-bond donors (Lipinski definition) is 3. The highest BCUT2D eigenvalue weighted by Gasteiger charge is 2.48. The molecule has 27 heavy (non-hydrogen) atoms. The van der Waals surface area contributed by atoms with E-state index in [0.717, 1.165) is 45.3 Å². The molecule has 5 unspecified atom stereocenters. The van der Waals surface area contributed by atoms with E-state index in [1.165, 1.54) is 24.0 Å². The molecule has 3 N–H and O–H groups in total. The normalized spacial score (nSPS) is 38.1. The number of aliphatic hydroxyl groups is 1. The van der Waals surface area contributed by atoms with Crippen molar-refractivity contribution in [2.75, 3.05) is 26.7 Å². The van der Waals surface area contributed by atoms with Gasteiger partial charge in [0.05, 0.1) is 12.2 Å². The third-order valence-electron chi connectivity index (χ3n) is 7.96.